The molecule has 136 valence electrons. The molecule has 1 aliphatic carbocycles. The van der Waals surface area contributed by atoms with Gasteiger partial charge in [-0.1, -0.05) is 24.3 Å². The first kappa shape index (κ1) is 17.2. The van der Waals surface area contributed by atoms with Gasteiger partial charge in [-0.25, -0.2) is 4.79 Å². The van der Waals surface area contributed by atoms with Gasteiger partial charge in [-0.3, -0.25) is 9.69 Å². The lowest BCUT2D eigenvalue weighted by Gasteiger charge is -2.20. The smallest absolute Gasteiger partial charge is 0.336 e. The molecule has 1 amide bonds. The lowest BCUT2D eigenvalue weighted by atomic mass is 10.1. The zero-order valence-corrected chi connectivity index (χ0v) is 15.2. The van der Waals surface area contributed by atoms with Crippen LogP contribution in [0.4, 0.5) is 0 Å². The fourth-order valence-corrected chi connectivity index (χ4v) is 4.83. The first-order valence-electron chi connectivity index (χ1n) is 8.97. The number of rotatable bonds is 7. The van der Waals surface area contributed by atoms with Gasteiger partial charge in [-0.15, -0.1) is 11.3 Å². The van der Waals surface area contributed by atoms with Crippen molar-refractivity contribution in [2.45, 2.75) is 13.0 Å². The summed E-state index contributed by atoms with van der Waals surface area (Å²) in [4.78, 5) is 27.2. The number of carboxylic acids is 1. The van der Waals surface area contributed by atoms with E-state index < -0.39 is 5.97 Å². The molecule has 1 unspecified atom stereocenters. The Morgan fingerprint density at radius 2 is 1.92 bits per heavy atom. The summed E-state index contributed by atoms with van der Waals surface area (Å²) >= 11 is 1.72. The zero-order valence-electron chi connectivity index (χ0n) is 14.4. The summed E-state index contributed by atoms with van der Waals surface area (Å²) in [5, 5.41) is 14.4. The topological polar surface area (TPSA) is 69.6 Å². The van der Waals surface area contributed by atoms with Crippen molar-refractivity contribution >= 4 is 23.2 Å². The number of nitrogens with zero attached hydrogens (tertiary/aromatic N) is 1. The fraction of sp³-hybridized carbons (Fsp3) is 0.400. The molecule has 2 heterocycles. The molecule has 1 aromatic heterocycles. The number of amides is 1. The van der Waals surface area contributed by atoms with Gasteiger partial charge in [0.2, 0.25) is 5.91 Å². The van der Waals surface area contributed by atoms with Crippen molar-refractivity contribution < 1.29 is 14.7 Å². The molecule has 1 saturated heterocycles. The van der Waals surface area contributed by atoms with Gasteiger partial charge >= 0.3 is 5.97 Å². The summed E-state index contributed by atoms with van der Waals surface area (Å²) in [7, 11) is 0. The van der Waals surface area contributed by atoms with Crippen LogP contribution in [0.15, 0.2) is 41.8 Å². The predicted octanol–water partition coefficient (Wildman–Crippen LogP) is 2.48. The lowest BCUT2D eigenvalue weighted by molar-refractivity contribution is -0.123. The Hall–Kier alpha value is -2.18. The maximum atomic E-state index is 12.4. The molecular weight excluding hydrogens is 348 g/mol. The standard InChI is InChI=1S/C20H22N2O3S/c23-19(21-8-7-14-5-3-9-26-14)18-16-11-22(12-17(16)18)10-13-4-1-2-6-15(13)20(24)25/h1-6,9,16-18H,7-8,10-12H2,(H,21,23)(H,24,25)/t16-,17+,18?. The van der Waals surface area contributed by atoms with E-state index >= 15 is 0 Å². The highest BCUT2D eigenvalue weighted by molar-refractivity contribution is 7.09. The van der Waals surface area contributed by atoms with Crippen LogP contribution in [0.25, 0.3) is 0 Å². The minimum Gasteiger partial charge on any atom is -0.478 e. The maximum absolute atomic E-state index is 12.4. The molecule has 0 bridgehead atoms. The molecule has 6 heteroatoms. The first-order valence-corrected chi connectivity index (χ1v) is 9.85. The molecule has 2 N–H and O–H groups in total. The average molecular weight is 370 g/mol. The molecule has 4 rings (SSSR count). The average Bonchev–Trinajstić information content (AvgIpc) is 2.99. The number of nitrogens with one attached hydrogen (secondary N) is 1. The Labute approximate surface area is 156 Å². The van der Waals surface area contributed by atoms with E-state index in [1.54, 1.807) is 23.5 Å². The van der Waals surface area contributed by atoms with Gasteiger partial charge in [-0.2, -0.15) is 0 Å². The van der Waals surface area contributed by atoms with Crippen molar-refractivity contribution in [1.29, 1.82) is 0 Å². The molecular formula is C20H22N2O3S. The highest BCUT2D eigenvalue weighted by Gasteiger charge is 2.59. The third kappa shape index (κ3) is 3.52. The van der Waals surface area contributed by atoms with Crippen molar-refractivity contribution in [3.8, 4) is 0 Å². The molecule has 1 aromatic carbocycles. The Balaban J connectivity index is 1.25. The second-order valence-corrected chi connectivity index (χ2v) is 8.16. The van der Waals surface area contributed by atoms with Gasteiger partial charge in [0.05, 0.1) is 5.56 Å². The van der Waals surface area contributed by atoms with E-state index in [1.165, 1.54) is 4.88 Å². The second kappa shape index (κ2) is 7.21. The van der Waals surface area contributed by atoms with E-state index in [4.69, 9.17) is 0 Å². The van der Waals surface area contributed by atoms with E-state index in [0.29, 0.717) is 30.5 Å². The monoisotopic (exact) mass is 370 g/mol. The van der Waals surface area contributed by atoms with Gasteiger partial charge in [0.1, 0.15) is 0 Å². The third-order valence-corrected chi connectivity index (χ3v) is 6.40. The Kier molecular flexibility index (Phi) is 4.78. The highest BCUT2D eigenvalue weighted by Crippen LogP contribution is 2.52. The SMILES string of the molecule is O=C(O)c1ccccc1CN1C[C@@H]2C(C(=O)NCCc3cccs3)[C@@H]2C1. The van der Waals surface area contributed by atoms with Crippen LogP contribution in [0, 0.1) is 17.8 Å². The number of piperidine rings is 1. The van der Waals surface area contributed by atoms with Crippen LogP contribution in [-0.4, -0.2) is 41.5 Å². The van der Waals surface area contributed by atoms with Gasteiger partial charge in [-0.05, 0) is 41.3 Å². The minimum absolute atomic E-state index is 0.143. The number of benzene rings is 1. The molecule has 0 radical (unpaired) electrons. The third-order valence-electron chi connectivity index (χ3n) is 5.46. The predicted molar refractivity (Wildman–Crippen MR) is 100 cm³/mol. The van der Waals surface area contributed by atoms with Crippen molar-refractivity contribution in [3.05, 3.63) is 57.8 Å². The molecule has 5 nitrogen and oxygen atoms in total. The van der Waals surface area contributed by atoms with Gasteiger partial charge in [0.15, 0.2) is 0 Å². The second-order valence-electron chi connectivity index (χ2n) is 7.13. The summed E-state index contributed by atoms with van der Waals surface area (Å²) < 4.78 is 0. The van der Waals surface area contributed by atoms with Crippen molar-refractivity contribution in [2.24, 2.45) is 17.8 Å². The lowest BCUT2D eigenvalue weighted by Crippen LogP contribution is -2.32. The normalized spacial score (nSPS) is 24.2. The largest absolute Gasteiger partial charge is 0.478 e. The van der Waals surface area contributed by atoms with Crippen LogP contribution in [0.5, 0.6) is 0 Å². The van der Waals surface area contributed by atoms with Gasteiger partial charge in [0.25, 0.3) is 0 Å². The number of carbonyl (C=O) groups excluding carboxylic acids is 1. The van der Waals surface area contributed by atoms with E-state index in [9.17, 15) is 14.7 Å². The van der Waals surface area contributed by atoms with Crippen LogP contribution in [-0.2, 0) is 17.8 Å². The molecule has 2 aromatic rings. The van der Waals surface area contributed by atoms with Gasteiger partial charge < -0.3 is 10.4 Å². The van der Waals surface area contributed by atoms with Crippen LogP contribution in [0.1, 0.15) is 20.8 Å². The number of hydrogen-bond donors (Lipinski definition) is 2. The van der Waals surface area contributed by atoms with Gasteiger partial charge in [0, 0.05) is 37.0 Å². The fourth-order valence-electron chi connectivity index (χ4n) is 4.12. The quantitative estimate of drug-likeness (QED) is 0.786. The van der Waals surface area contributed by atoms with Crippen LogP contribution >= 0.6 is 11.3 Å². The number of thiophene rings is 1. The summed E-state index contributed by atoms with van der Waals surface area (Å²) in [5.74, 6) is 0.293. The zero-order chi connectivity index (χ0) is 18.1. The van der Waals surface area contributed by atoms with Crippen molar-refractivity contribution in [3.63, 3.8) is 0 Å². The van der Waals surface area contributed by atoms with Crippen LogP contribution in [0.3, 0.4) is 0 Å². The molecule has 2 aliphatic rings. The molecule has 26 heavy (non-hydrogen) atoms. The number of carboxylic acid groups (broad SMARTS) is 1. The number of aromatic carboxylic acids is 1. The van der Waals surface area contributed by atoms with E-state index in [1.807, 2.05) is 18.2 Å². The molecule has 0 spiro atoms. The molecule has 1 saturated carbocycles. The number of fused-ring (bicyclic) bond motifs is 1. The summed E-state index contributed by atoms with van der Waals surface area (Å²) in [5.41, 5.74) is 1.22. The summed E-state index contributed by atoms with van der Waals surface area (Å²) in [6, 6.07) is 11.3. The molecule has 1 aliphatic heterocycles. The van der Waals surface area contributed by atoms with E-state index in [2.05, 4.69) is 21.7 Å². The van der Waals surface area contributed by atoms with Crippen molar-refractivity contribution in [2.75, 3.05) is 19.6 Å². The number of likely N-dealkylation sites (tertiary alicyclic amines) is 1. The molecule has 3 atom stereocenters. The van der Waals surface area contributed by atoms with E-state index in [0.717, 1.165) is 25.1 Å². The maximum Gasteiger partial charge on any atom is 0.336 e. The Bertz CT molecular complexity index is 793. The van der Waals surface area contributed by atoms with E-state index in [-0.39, 0.29) is 11.8 Å². The summed E-state index contributed by atoms with van der Waals surface area (Å²) in [6.07, 6.45) is 0.892. The Morgan fingerprint density at radius 1 is 1.15 bits per heavy atom. The number of hydrogen-bond acceptors (Lipinski definition) is 4. The Morgan fingerprint density at radius 3 is 2.62 bits per heavy atom. The number of carbonyl (C=O) groups is 2. The highest BCUT2D eigenvalue weighted by atomic mass is 32.1. The van der Waals surface area contributed by atoms with Crippen LogP contribution in [0.2, 0.25) is 0 Å². The van der Waals surface area contributed by atoms with Crippen LogP contribution < -0.4 is 5.32 Å². The van der Waals surface area contributed by atoms with Crippen molar-refractivity contribution in [1.82, 2.24) is 10.2 Å². The first-order chi connectivity index (χ1) is 12.6. The molecule has 2 fully saturated rings. The minimum atomic E-state index is -0.882. The summed E-state index contributed by atoms with van der Waals surface area (Å²) in [6.45, 7) is 3.09.